The summed E-state index contributed by atoms with van der Waals surface area (Å²) in [7, 11) is 0. The molecular formula is C25H27N3O3. The smallest absolute Gasteiger partial charge is 0.291 e. The van der Waals surface area contributed by atoms with Crippen molar-refractivity contribution in [2.75, 3.05) is 28.6 Å². The van der Waals surface area contributed by atoms with Crippen molar-refractivity contribution in [3.8, 4) is 0 Å². The molecule has 1 aliphatic heterocycles. The second kappa shape index (κ2) is 9.51. The molecule has 0 unspecified atom stereocenters. The summed E-state index contributed by atoms with van der Waals surface area (Å²) in [4.78, 5) is 27.5. The molecule has 0 atom stereocenters. The van der Waals surface area contributed by atoms with Crippen LogP contribution in [0.3, 0.4) is 0 Å². The average Bonchev–Trinajstić information content (AvgIpc) is 3.19. The summed E-state index contributed by atoms with van der Waals surface area (Å²) in [5, 5.41) is 5.74. The standard InChI is InChI=1S/C25H27N3O3/c1-18-8-9-19(17-22(18)27-25(30)23-7-6-16-31-23)24(29)26-20-10-12-21(13-11-20)28-14-4-2-3-5-15-28/h6-13,16-17H,2-5,14-15H2,1H3,(H,26,29)(H,27,30). The van der Waals surface area contributed by atoms with Gasteiger partial charge in [-0.1, -0.05) is 18.9 Å². The Morgan fingerprint density at radius 2 is 1.61 bits per heavy atom. The van der Waals surface area contributed by atoms with Gasteiger partial charge in [0.2, 0.25) is 0 Å². The zero-order valence-electron chi connectivity index (χ0n) is 17.7. The molecule has 0 radical (unpaired) electrons. The molecule has 0 bridgehead atoms. The predicted octanol–water partition coefficient (Wildman–Crippen LogP) is 5.47. The summed E-state index contributed by atoms with van der Waals surface area (Å²) < 4.78 is 5.13. The number of carbonyl (C=O) groups is 2. The van der Waals surface area contributed by atoms with E-state index in [4.69, 9.17) is 4.42 Å². The summed E-state index contributed by atoms with van der Waals surface area (Å²) in [6.45, 7) is 4.05. The lowest BCUT2D eigenvalue weighted by molar-refractivity contribution is 0.0993. The highest BCUT2D eigenvalue weighted by Gasteiger charge is 2.14. The van der Waals surface area contributed by atoms with Crippen LogP contribution in [0, 0.1) is 6.92 Å². The number of furan rings is 1. The molecule has 0 aliphatic carbocycles. The minimum absolute atomic E-state index is 0.221. The second-order valence-electron chi connectivity index (χ2n) is 7.86. The van der Waals surface area contributed by atoms with E-state index in [0.29, 0.717) is 11.3 Å². The molecular weight excluding hydrogens is 390 g/mol. The molecule has 2 amide bonds. The Morgan fingerprint density at radius 3 is 2.29 bits per heavy atom. The van der Waals surface area contributed by atoms with Crippen LogP contribution in [0.1, 0.15) is 52.2 Å². The molecule has 2 aromatic carbocycles. The molecule has 1 aliphatic rings. The van der Waals surface area contributed by atoms with E-state index in [9.17, 15) is 9.59 Å². The van der Waals surface area contributed by atoms with Crippen molar-refractivity contribution in [2.24, 2.45) is 0 Å². The normalized spacial score (nSPS) is 14.0. The zero-order valence-corrected chi connectivity index (χ0v) is 17.7. The number of hydrogen-bond acceptors (Lipinski definition) is 4. The van der Waals surface area contributed by atoms with Crippen LogP contribution < -0.4 is 15.5 Å². The van der Waals surface area contributed by atoms with Gasteiger partial charge in [0.15, 0.2) is 5.76 Å². The number of hydrogen-bond donors (Lipinski definition) is 2. The summed E-state index contributed by atoms with van der Waals surface area (Å²) in [6, 6.07) is 16.5. The van der Waals surface area contributed by atoms with E-state index in [0.717, 1.165) is 24.3 Å². The third-order valence-electron chi connectivity index (χ3n) is 5.59. The summed E-state index contributed by atoms with van der Waals surface area (Å²) >= 11 is 0. The molecule has 6 heteroatoms. The van der Waals surface area contributed by atoms with Gasteiger partial charge in [-0.25, -0.2) is 0 Å². The van der Waals surface area contributed by atoms with Crippen molar-refractivity contribution >= 4 is 28.9 Å². The molecule has 0 saturated carbocycles. The number of nitrogens with one attached hydrogen (secondary N) is 2. The highest BCUT2D eigenvalue weighted by atomic mass is 16.3. The summed E-state index contributed by atoms with van der Waals surface area (Å²) in [5.74, 6) is -0.357. The van der Waals surface area contributed by atoms with Gasteiger partial charge in [0.1, 0.15) is 0 Å². The Morgan fingerprint density at radius 1 is 0.871 bits per heavy atom. The Labute approximate surface area is 182 Å². The Bertz CT molecular complexity index is 1030. The van der Waals surface area contributed by atoms with Crippen LogP contribution in [-0.4, -0.2) is 24.9 Å². The Kier molecular flexibility index (Phi) is 6.36. The molecule has 4 rings (SSSR count). The van der Waals surface area contributed by atoms with E-state index in [1.807, 2.05) is 25.1 Å². The SMILES string of the molecule is Cc1ccc(C(=O)Nc2ccc(N3CCCCCC3)cc2)cc1NC(=O)c1ccco1. The van der Waals surface area contributed by atoms with Crippen molar-refractivity contribution < 1.29 is 14.0 Å². The quantitative estimate of drug-likeness (QED) is 0.577. The van der Waals surface area contributed by atoms with Gasteiger partial charge >= 0.3 is 0 Å². The van der Waals surface area contributed by atoms with Gasteiger partial charge in [0.25, 0.3) is 11.8 Å². The number of anilines is 3. The van der Waals surface area contributed by atoms with Gasteiger partial charge in [-0.3, -0.25) is 9.59 Å². The minimum Gasteiger partial charge on any atom is -0.459 e. The van der Waals surface area contributed by atoms with Crippen LogP contribution in [-0.2, 0) is 0 Å². The highest BCUT2D eigenvalue weighted by molar-refractivity contribution is 6.07. The van der Waals surface area contributed by atoms with Crippen LogP contribution in [0.4, 0.5) is 17.1 Å². The molecule has 3 aromatic rings. The number of benzene rings is 2. The Balaban J connectivity index is 1.43. The lowest BCUT2D eigenvalue weighted by atomic mass is 10.1. The fourth-order valence-corrected chi connectivity index (χ4v) is 3.78. The van der Waals surface area contributed by atoms with Crippen molar-refractivity contribution in [3.63, 3.8) is 0 Å². The molecule has 1 fully saturated rings. The number of aryl methyl sites for hydroxylation is 1. The maximum atomic E-state index is 12.8. The van der Waals surface area contributed by atoms with Crippen LogP contribution >= 0.6 is 0 Å². The first-order valence-corrected chi connectivity index (χ1v) is 10.7. The lowest BCUT2D eigenvalue weighted by Gasteiger charge is -2.22. The number of nitrogens with zero attached hydrogens (tertiary/aromatic N) is 1. The maximum Gasteiger partial charge on any atom is 0.291 e. The molecule has 1 aromatic heterocycles. The van der Waals surface area contributed by atoms with Crippen molar-refractivity contribution in [1.82, 2.24) is 0 Å². The van der Waals surface area contributed by atoms with Gasteiger partial charge in [-0.15, -0.1) is 0 Å². The fourth-order valence-electron chi connectivity index (χ4n) is 3.78. The van der Waals surface area contributed by atoms with E-state index in [1.54, 1.807) is 24.3 Å². The topological polar surface area (TPSA) is 74.6 Å². The van der Waals surface area contributed by atoms with Gasteiger partial charge in [0.05, 0.1) is 6.26 Å². The fraction of sp³-hybridized carbons (Fsp3) is 0.280. The summed E-state index contributed by atoms with van der Waals surface area (Å²) in [6.07, 6.45) is 6.50. The first-order valence-electron chi connectivity index (χ1n) is 10.7. The van der Waals surface area contributed by atoms with Gasteiger partial charge < -0.3 is 20.0 Å². The van der Waals surface area contributed by atoms with E-state index in [-0.39, 0.29) is 17.6 Å². The van der Waals surface area contributed by atoms with Crippen LogP contribution in [0.25, 0.3) is 0 Å². The Hall–Kier alpha value is -3.54. The maximum absolute atomic E-state index is 12.8. The third kappa shape index (κ3) is 5.15. The van der Waals surface area contributed by atoms with Crippen molar-refractivity contribution in [2.45, 2.75) is 32.6 Å². The largest absolute Gasteiger partial charge is 0.459 e. The van der Waals surface area contributed by atoms with E-state index >= 15 is 0 Å². The van der Waals surface area contributed by atoms with E-state index < -0.39 is 0 Å². The van der Waals surface area contributed by atoms with Crippen LogP contribution in [0.5, 0.6) is 0 Å². The van der Waals surface area contributed by atoms with Crippen molar-refractivity contribution in [3.05, 3.63) is 77.7 Å². The molecule has 160 valence electrons. The zero-order chi connectivity index (χ0) is 21.6. The average molecular weight is 418 g/mol. The molecule has 2 heterocycles. The monoisotopic (exact) mass is 417 g/mol. The van der Waals surface area contributed by atoms with Crippen LogP contribution in [0.2, 0.25) is 0 Å². The van der Waals surface area contributed by atoms with Gasteiger partial charge in [-0.2, -0.15) is 0 Å². The molecule has 31 heavy (non-hydrogen) atoms. The van der Waals surface area contributed by atoms with Crippen molar-refractivity contribution in [1.29, 1.82) is 0 Å². The first-order chi connectivity index (χ1) is 15.1. The molecule has 6 nitrogen and oxygen atoms in total. The molecule has 0 spiro atoms. The predicted molar refractivity (Wildman–Crippen MR) is 123 cm³/mol. The molecule has 2 N–H and O–H groups in total. The number of amides is 2. The second-order valence-corrected chi connectivity index (χ2v) is 7.86. The summed E-state index contributed by atoms with van der Waals surface area (Å²) in [5.41, 5.74) is 3.84. The number of rotatable bonds is 5. The van der Waals surface area contributed by atoms with E-state index in [1.165, 1.54) is 37.6 Å². The van der Waals surface area contributed by atoms with Crippen LogP contribution in [0.15, 0.2) is 65.3 Å². The lowest BCUT2D eigenvalue weighted by Crippen LogP contribution is -2.23. The van der Waals surface area contributed by atoms with Gasteiger partial charge in [-0.05, 0) is 73.9 Å². The third-order valence-corrected chi connectivity index (χ3v) is 5.59. The first kappa shape index (κ1) is 20.7. The number of carbonyl (C=O) groups excluding carboxylic acids is 2. The molecule has 1 saturated heterocycles. The minimum atomic E-state index is -0.352. The highest BCUT2D eigenvalue weighted by Crippen LogP contribution is 2.23. The van der Waals surface area contributed by atoms with E-state index in [2.05, 4.69) is 27.7 Å². The van der Waals surface area contributed by atoms with Gasteiger partial charge in [0, 0.05) is 35.7 Å².